The lowest BCUT2D eigenvalue weighted by atomic mass is 9.86. The smallest absolute Gasteiger partial charge is 0.230 e. The van der Waals surface area contributed by atoms with Crippen molar-refractivity contribution >= 4 is 11.8 Å². The van der Waals surface area contributed by atoms with E-state index in [9.17, 15) is 9.59 Å². The molecule has 2 N–H and O–H groups in total. The van der Waals surface area contributed by atoms with Gasteiger partial charge >= 0.3 is 0 Å². The number of carbonyl (C=O) groups is 2. The highest BCUT2D eigenvalue weighted by molar-refractivity contribution is 5.96. The Hall–Kier alpha value is -0.900. The van der Waals surface area contributed by atoms with Crippen LogP contribution < -0.4 is 5.73 Å². The van der Waals surface area contributed by atoms with Gasteiger partial charge in [-0.15, -0.1) is 0 Å². The summed E-state index contributed by atoms with van der Waals surface area (Å²) in [6, 6.07) is -0.0544. The Balaban J connectivity index is 1.84. The number of hydrogen-bond acceptors (Lipinski definition) is 3. The van der Waals surface area contributed by atoms with Gasteiger partial charge in [0.2, 0.25) is 11.8 Å². The van der Waals surface area contributed by atoms with Crippen molar-refractivity contribution in [2.75, 3.05) is 6.54 Å². The maximum absolute atomic E-state index is 12.0. The van der Waals surface area contributed by atoms with Crippen LogP contribution in [0, 0.1) is 5.92 Å². The SMILES string of the molecule is NC1CCN(C(=O)CC2CCCCC2)C(=O)C1. The minimum Gasteiger partial charge on any atom is -0.327 e. The van der Waals surface area contributed by atoms with Gasteiger partial charge in [0, 0.05) is 25.4 Å². The number of nitrogens with zero attached hydrogens (tertiary/aromatic N) is 1. The van der Waals surface area contributed by atoms with Crippen molar-refractivity contribution in [1.29, 1.82) is 0 Å². The summed E-state index contributed by atoms with van der Waals surface area (Å²) in [6.45, 7) is 0.519. The second-order valence-electron chi connectivity index (χ2n) is 5.40. The van der Waals surface area contributed by atoms with Crippen LogP contribution in [0.15, 0.2) is 0 Å². The zero-order valence-electron chi connectivity index (χ0n) is 10.4. The first-order valence-corrected chi connectivity index (χ1v) is 6.75. The fourth-order valence-corrected chi connectivity index (χ4v) is 2.87. The van der Waals surface area contributed by atoms with Crippen LogP contribution in [0.1, 0.15) is 51.4 Å². The van der Waals surface area contributed by atoms with E-state index in [1.165, 1.54) is 24.2 Å². The summed E-state index contributed by atoms with van der Waals surface area (Å²) in [5.41, 5.74) is 5.71. The fraction of sp³-hybridized carbons (Fsp3) is 0.846. The third-order valence-corrected chi connectivity index (χ3v) is 3.95. The number of likely N-dealkylation sites (tertiary alicyclic amines) is 1. The highest BCUT2D eigenvalue weighted by Gasteiger charge is 2.29. The van der Waals surface area contributed by atoms with Crippen LogP contribution in [-0.4, -0.2) is 29.3 Å². The normalized spacial score (nSPS) is 27.2. The van der Waals surface area contributed by atoms with E-state index in [0.29, 0.717) is 25.3 Å². The molecular weight excluding hydrogens is 216 g/mol. The second-order valence-corrected chi connectivity index (χ2v) is 5.40. The van der Waals surface area contributed by atoms with Crippen LogP contribution in [-0.2, 0) is 9.59 Å². The Bertz CT molecular complexity index is 298. The number of hydrogen-bond donors (Lipinski definition) is 1. The lowest BCUT2D eigenvalue weighted by Crippen LogP contribution is -2.47. The van der Waals surface area contributed by atoms with Crippen LogP contribution in [0.4, 0.5) is 0 Å². The van der Waals surface area contributed by atoms with Crippen LogP contribution in [0.25, 0.3) is 0 Å². The molecule has 0 aromatic carbocycles. The van der Waals surface area contributed by atoms with Gasteiger partial charge in [-0.25, -0.2) is 0 Å². The van der Waals surface area contributed by atoms with Crippen molar-refractivity contribution in [3.8, 4) is 0 Å². The molecule has 2 amide bonds. The van der Waals surface area contributed by atoms with Crippen molar-refractivity contribution in [3.05, 3.63) is 0 Å². The first kappa shape index (κ1) is 12.6. The van der Waals surface area contributed by atoms with E-state index in [0.717, 1.165) is 19.3 Å². The van der Waals surface area contributed by atoms with Crippen molar-refractivity contribution in [1.82, 2.24) is 4.90 Å². The predicted octanol–water partition coefficient (Wildman–Crippen LogP) is 1.43. The molecule has 2 fully saturated rings. The van der Waals surface area contributed by atoms with E-state index in [4.69, 9.17) is 5.73 Å². The summed E-state index contributed by atoms with van der Waals surface area (Å²) in [5, 5.41) is 0. The molecule has 0 aromatic heterocycles. The van der Waals surface area contributed by atoms with Gasteiger partial charge in [0.1, 0.15) is 0 Å². The second kappa shape index (κ2) is 5.63. The van der Waals surface area contributed by atoms with Crippen LogP contribution >= 0.6 is 0 Å². The Morgan fingerprint density at radius 3 is 2.59 bits per heavy atom. The number of nitrogens with two attached hydrogens (primary N) is 1. The van der Waals surface area contributed by atoms with Crippen LogP contribution in [0.2, 0.25) is 0 Å². The molecule has 2 rings (SSSR count). The highest BCUT2D eigenvalue weighted by Crippen LogP contribution is 2.27. The number of carbonyl (C=O) groups excluding carboxylic acids is 2. The molecule has 0 radical (unpaired) electrons. The van der Waals surface area contributed by atoms with E-state index in [1.807, 2.05) is 0 Å². The van der Waals surface area contributed by atoms with Crippen molar-refractivity contribution < 1.29 is 9.59 Å². The van der Waals surface area contributed by atoms with Crippen LogP contribution in [0.3, 0.4) is 0 Å². The first-order chi connectivity index (χ1) is 8.16. The quantitative estimate of drug-likeness (QED) is 0.791. The zero-order chi connectivity index (χ0) is 12.3. The molecule has 1 aliphatic heterocycles. The average Bonchev–Trinajstić information content (AvgIpc) is 2.30. The maximum atomic E-state index is 12.0. The van der Waals surface area contributed by atoms with Gasteiger partial charge < -0.3 is 5.73 Å². The first-order valence-electron chi connectivity index (χ1n) is 6.75. The van der Waals surface area contributed by atoms with Crippen molar-refractivity contribution in [2.24, 2.45) is 11.7 Å². The summed E-state index contributed by atoms with van der Waals surface area (Å²) in [4.78, 5) is 25.2. The predicted molar refractivity (Wildman–Crippen MR) is 65.1 cm³/mol. The molecule has 1 unspecified atom stereocenters. The Morgan fingerprint density at radius 1 is 1.24 bits per heavy atom. The third-order valence-electron chi connectivity index (χ3n) is 3.95. The summed E-state index contributed by atoms with van der Waals surface area (Å²) in [5.74, 6) is 0.443. The zero-order valence-corrected chi connectivity index (χ0v) is 10.4. The topological polar surface area (TPSA) is 63.4 Å². The number of rotatable bonds is 2. The summed E-state index contributed by atoms with van der Waals surface area (Å²) >= 11 is 0. The van der Waals surface area contributed by atoms with Gasteiger partial charge in [-0.1, -0.05) is 19.3 Å². The fourth-order valence-electron chi connectivity index (χ4n) is 2.87. The molecule has 1 saturated carbocycles. The van der Waals surface area contributed by atoms with E-state index in [1.54, 1.807) is 0 Å². The van der Waals surface area contributed by atoms with E-state index in [2.05, 4.69) is 0 Å². The monoisotopic (exact) mass is 238 g/mol. The molecule has 0 spiro atoms. The minimum atomic E-state index is -0.0791. The van der Waals surface area contributed by atoms with Crippen LogP contribution in [0.5, 0.6) is 0 Å². The van der Waals surface area contributed by atoms with Gasteiger partial charge in [-0.2, -0.15) is 0 Å². The number of imide groups is 1. The lowest BCUT2D eigenvalue weighted by Gasteiger charge is -2.30. The van der Waals surface area contributed by atoms with Gasteiger partial charge in [0.05, 0.1) is 0 Å². The van der Waals surface area contributed by atoms with Gasteiger partial charge in [0.25, 0.3) is 0 Å². The molecule has 1 aliphatic carbocycles. The maximum Gasteiger partial charge on any atom is 0.230 e. The molecule has 1 heterocycles. The molecule has 0 bridgehead atoms. The number of amides is 2. The molecule has 1 saturated heterocycles. The lowest BCUT2D eigenvalue weighted by molar-refractivity contribution is -0.147. The molecule has 4 heteroatoms. The van der Waals surface area contributed by atoms with Gasteiger partial charge in [-0.05, 0) is 25.2 Å². The van der Waals surface area contributed by atoms with E-state index in [-0.39, 0.29) is 17.9 Å². The molecule has 0 aromatic rings. The largest absolute Gasteiger partial charge is 0.327 e. The van der Waals surface area contributed by atoms with Crippen molar-refractivity contribution in [3.63, 3.8) is 0 Å². The van der Waals surface area contributed by atoms with E-state index < -0.39 is 0 Å². The summed E-state index contributed by atoms with van der Waals surface area (Å²) < 4.78 is 0. The van der Waals surface area contributed by atoms with Crippen molar-refractivity contribution in [2.45, 2.75) is 57.4 Å². The third kappa shape index (κ3) is 3.28. The Kier molecular flexibility index (Phi) is 4.15. The van der Waals surface area contributed by atoms with E-state index >= 15 is 0 Å². The standard InChI is InChI=1S/C13H22N2O2/c14-11-6-7-15(13(17)9-11)12(16)8-10-4-2-1-3-5-10/h10-11H,1-9,14H2. The average molecular weight is 238 g/mol. The summed E-state index contributed by atoms with van der Waals surface area (Å²) in [7, 11) is 0. The molecule has 4 nitrogen and oxygen atoms in total. The summed E-state index contributed by atoms with van der Waals surface area (Å²) in [6.07, 6.45) is 7.69. The highest BCUT2D eigenvalue weighted by atomic mass is 16.2. The molecule has 96 valence electrons. The molecular formula is C13H22N2O2. The molecule has 1 atom stereocenters. The van der Waals surface area contributed by atoms with Gasteiger partial charge in [-0.3, -0.25) is 14.5 Å². The molecule has 17 heavy (non-hydrogen) atoms. The Labute approximate surface area is 103 Å². The van der Waals surface area contributed by atoms with Gasteiger partial charge in [0.15, 0.2) is 0 Å². The molecule has 2 aliphatic rings. The Morgan fingerprint density at radius 2 is 1.94 bits per heavy atom. The number of piperidine rings is 1. The minimum absolute atomic E-state index is 0.0220.